The second-order valence-electron chi connectivity index (χ2n) is 4.77. The standard InChI is InChI=1S/C10H18F2O4S/c1-9(2,3)8(13)16-7-5-4-6-10(11,12)17(14)15/h17H,4-7H2,1-3H3. The van der Waals surface area contributed by atoms with Crippen LogP contribution in [-0.4, -0.2) is 26.2 Å². The molecule has 0 spiro atoms. The first-order valence-electron chi connectivity index (χ1n) is 5.27. The van der Waals surface area contributed by atoms with Gasteiger partial charge in [-0.15, -0.1) is 0 Å². The predicted molar refractivity (Wildman–Crippen MR) is 59.5 cm³/mol. The molecule has 0 saturated carbocycles. The van der Waals surface area contributed by atoms with E-state index in [4.69, 9.17) is 4.74 Å². The summed E-state index contributed by atoms with van der Waals surface area (Å²) in [4.78, 5) is 11.3. The largest absolute Gasteiger partial charge is 0.465 e. The molecule has 17 heavy (non-hydrogen) atoms. The third-order valence-electron chi connectivity index (χ3n) is 1.98. The van der Waals surface area contributed by atoms with Crippen molar-refractivity contribution in [3.05, 3.63) is 0 Å². The van der Waals surface area contributed by atoms with Crippen LogP contribution in [0.4, 0.5) is 8.78 Å². The van der Waals surface area contributed by atoms with E-state index in [0.717, 1.165) is 0 Å². The molecule has 0 radical (unpaired) electrons. The highest BCUT2D eigenvalue weighted by Gasteiger charge is 2.32. The highest BCUT2D eigenvalue weighted by Crippen LogP contribution is 2.22. The summed E-state index contributed by atoms with van der Waals surface area (Å²) in [6.07, 6.45) is -0.521. The summed E-state index contributed by atoms with van der Waals surface area (Å²) in [7, 11) is -3.74. The number of carbonyl (C=O) groups is 1. The number of esters is 1. The van der Waals surface area contributed by atoms with Crippen molar-refractivity contribution in [3.63, 3.8) is 0 Å². The van der Waals surface area contributed by atoms with E-state index in [0.29, 0.717) is 0 Å². The first kappa shape index (κ1) is 16.3. The zero-order valence-electron chi connectivity index (χ0n) is 10.2. The normalized spacial score (nSPS) is 12.8. The second kappa shape index (κ2) is 6.28. The van der Waals surface area contributed by atoms with Crippen LogP contribution >= 0.6 is 0 Å². The van der Waals surface area contributed by atoms with E-state index >= 15 is 0 Å². The van der Waals surface area contributed by atoms with Crippen molar-refractivity contribution in [2.24, 2.45) is 5.41 Å². The fourth-order valence-corrected chi connectivity index (χ4v) is 1.25. The van der Waals surface area contributed by atoms with Gasteiger partial charge in [-0.2, -0.15) is 8.78 Å². The Morgan fingerprint density at radius 2 is 1.71 bits per heavy atom. The van der Waals surface area contributed by atoms with Crippen molar-refractivity contribution >= 4 is 16.7 Å². The Kier molecular flexibility index (Phi) is 6.01. The molecule has 0 rings (SSSR count). The first-order valence-corrected chi connectivity index (χ1v) is 6.44. The summed E-state index contributed by atoms with van der Waals surface area (Å²) in [5.74, 6) is -0.404. The van der Waals surface area contributed by atoms with Gasteiger partial charge in [-0.25, -0.2) is 8.42 Å². The lowest BCUT2D eigenvalue weighted by Crippen LogP contribution is -2.23. The van der Waals surface area contributed by atoms with Gasteiger partial charge < -0.3 is 4.74 Å². The summed E-state index contributed by atoms with van der Waals surface area (Å²) < 4.78 is 50.3. The van der Waals surface area contributed by atoms with Crippen LogP contribution < -0.4 is 0 Å². The highest BCUT2D eigenvalue weighted by atomic mass is 32.2. The second-order valence-corrected chi connectivity index (χ2v) is 5.93. The molecule has 0 aliphatic carbocycles. The third kappa shape index (κ3) is 6.55. The molecule has 0 aromatic heterocycles. The number of hydrogen-bond donors (Lipinski definition) is 1. The average Bonchev–Trinajstić information content (AvgIpc) is 2.15. The summed E-state index contributed by atoms with van der Waals surface area (Å²) in [5, 5.41) is -3.66. The maximum absolute atomic E-state index is 12.6. The Morgan fingerprint density at radius 1 is 1.18 bits per heavy atom. The van der Waals surface area contributed by atoms with Gasteiger partial charge in [-0.3, -0.25) is 4.79 Å². The molecule has 0 N–H and O–H groups in total. The van der Waals surface area contributed by atoms with Crippen LogP contribution in [0.2, 0.25) is 0 Å². The van der Waals surface area contributed by atoms with Gasteiger partial charge in [0.1, 0.15) is 0 Å². The number of carbonyl (C=O) groups excluding carboxylic acids is 1. The number of unbranched alkanes of at least 4 members (excludes halogenated alkanes) is 1. The maximum atomic E-state index is 12.6. The Hall–Kier alpha value is -0.720. The number of alkyl halides is 2. The lowest BCUT2D eigenvalue weighted by atomic mass is 9.97. The minimum atomic E-state index is -3.74. The van der Waals surface area contributed by atoms with E-state index in [-0.39, 0.29) is 19.4 Å². The summed E-state index contributed by atoms with van der Waals surface area (Å²) in [6, 6.07) is 0. The summed E-state index contributed by atoms with van der Waals surface area (Å²) >= 11 is 0. The summed E-state index contributed by atoms with van der Waals surface area (Å²) in [5.41, 5.74) is -0.623. The molecule has 0 amide bonds. The van der Waals surface area contributed by atoms with Gasteiger partial charge in [0.25, 0.3) is 0 Å². The third-order valence-corrected chi connectivity index (χ3v) is 2.74. The van der Waals surface area contributed by atoms with Crippen LogP contribution in [0.3, 0.4) is 0 Å². The Balaban J connectivity index is 3.78. The van der Waals surface area contributed by atoms with E-state index < -0.39 is 33.8 Å². The molecule has 0 bridgehead atoms. The number of rotatable bonds is 6. The zero-order chi connectivity index (χ0) is 13.7. The van der Waals surface area contributed by atoms with Crippen LogP contribution in [0.25, 0.3) is 0 Å². The van der Waals surface area contributed by atoms with Gasteiger partial charge in [0.05, 0.1) is 12.0 Å². The lowest BCUT2D eigenvalue weighted by molar-refractivity contribution is -0.153. The number of hydrogen-bond acceptors (Lipinski definition) is 4. The molecule has 0 heterocycles. The van der Waals surface area contributed by atoms with Crippen molar-refractivity contribution in [2.75, 3.05) is 6.61 Å². The molecule has 4 nitrogen and oxygen atoms in total. The SMILES string of the molecule is CC(C)(C)C(=O)OCCCCC(F)(F)[SH](=O)=O. The molecule has 102 valence electrons. The molecule has 0 aromatic carbocycles. The number of ether oxygens (including phenoxy) is 1. The topological polar surface area (TPSA) is 60.4 Å². The quantitative estimate of drug-likeness (QED) is 0.456. The molecule has 0 aromatic rings. The van der Waals surface area contributed by atoms with Gasteiger partial charge in [0, 0.05) is 6.42 Å². The minimum absolute atomic E-state index is 0.00621. The van der Waals surface area contributed by atoms with Gasteiger partial charge in [0.15, 0.2) is 0 Å². The van der Waals surface area contributed by atoms with Crippen LogP contribution in [0.5, 0.6) is 0 Å². The van der Waals surface area contributed by atoms with Crippen LogP contribution in [-0.2, 0) is 20.2 Å². The number of halogens is 2. The molecule has 0 saturated heterocycles. The molecule has 7 heteroatoms. The van der Waals surface area contributed by atoms with Gasteiger partial charge >= 0.3 is 11.2 Å². The van der Waals surface area contributed by atoms with Crippen LogP contribution in [0.1, 0.15) is 40.0 Å². The van der Waals surface area contributed by atoms with E-state index in [1.807, 2.05) is 0 Å². The minimum Gasteiger partial charge on any atom is -0.465 e. The Bertz CT molecular complexity index is 324. The smallest absolute Gasteiger partial charge is 0.343 e. The fourth-order valence-electron chi connectivity index (χ4n) is 0.912. The van der Waals surface area contributed by atoms with E-state index in [2.05, 4.69) is 0 Å². The molecule has 0 fully saturated rings. The lowest BCUT2D eigenvalue weighted by Gasteiger charge is -2.16. The monoisotopic (exact) mass is 272 g/mol. The van der Waals surface area contributed by atoms with Crippen molar-refractivity contribution in [2.45, 2.75) is 45.3 Å². The van der Waals surface area contributed by atoms with Crippen molar-refractivity contribution < 1.29 is 26.7 Å². The molecule has 0 aliphatic heterocycles. The van der Waals surface area contributed by atoms with Crippen molar-refractivity contribution in [3.8, 4) is 0 Å². The van der Waals surface area contributed by atoms with E-state index in [1.54, 1.807) is 20.8 Å². The summed E-state index contributed by atoms with van der Waals surface area (Å²) in [6.45, 7) is 5.09. The molecular weight excluding hydrogens is 254 g/mol. The van der Waals surface area contributed by atoms with Gasteiger partial charge in [-0.05, 0) is 33.6 Å². The maximum Gasteiger partial charge on any atom is 0.343 e. The Morgan fingerprint density at radius 3 is 2.12 bits per heavy atom. The number of thiol groups is 1. The molecule has 0 unspecified atom stereocenters. The average molecular weight is 272 g/mol. The van der Waals surface area contributed by atoms with Gasteiger partial charge in [0.2, 0.25) is 10.7 Å². The fraction of sp³-hybridized carbons (Fsp3) is 0.900. The van der Waals surface area contributed by atoms with Crippen molar-refractivity contribution in [1.82, 2.24) is 0 Å². The Labute approximate surface area is 101 Å². The van der Waals surface area contributed by atoms with E-state index in [1.165, 1.54) is 0 Å². The predicted octanol–water partition coefficient (Wildman–Crippen LogP) is 1.95. The zero-order valence-corrected chi connectivity index (χ0v) is 11.1. The molecule has 0 aliphatic rings. The molecular formula is C10H18F2O4S. The van der Waals surface area contributed by atoms with Crippen LogP contribution in [0.15, 0.2) is 0 Å². The highest BCUT2D eigenvalue weighted by molar-refractivity contribution is 7.73. The van der Waals surface area contributed by atoms with Gasteiger partial charge in [-0.1, -0.05) is 0 Å². The van der Waals surface area contributed by atoms with Crippen molar-refractivity contribution in [1.29, 1.82) is 0 Å². The van der Waals surface area contributed by atoms with Crippen LogP contribution in [0, 0.1) is 5.41 Å². The van der Waals surface area contributed by atoms with E-state index in [9.17, 15) is 22.0 Å². The molecule has 0 atom stereocenters. The first-order chi connectivity index (χ1) is 7.57.